The number of guanidine groups is 1. The second kappa shape index (κ2) is 15.1. The maximum Gasteiger partial charge on any atom is 0.194 e. The van der Waals surface area contributed by atoms with Crippen LogP contribution in [-0.4, -0.2) is 92.8 Å². The first-order chi connectivity index (χ1) is 15.2. The molecule has 2 atom stereocenters. The number of fused-ring (bicyclic) bond motifs is 1. The Morgan fingerprint density at radius 2 is 1.84 bits per heavy atom. The molecule has 1 N–H and O–H groups in total. The van der Waals surface area contributed by atoms with Crippen molar-refractivity contribution in [3.8, 4) is 0 Å². The highest BCUT2D eigenvalue weighted by molar-refractivity contribution is 14.0. The van der Waals surface area contributed by atoms with Crippen LogP contribution in [0.25, 0.3) is 0 Å². The first kappa shape index (κ1) is 27.3. The summed E-state index contributed by atoms with van der Waals surface area (Å²) >= 11 is 0. The second-order valence-corrected chi connectivity index (χ2v) is 9.14. The summed E-state index contributed by atoms with van der Waals surface area (Å²) in [7, 11) is 4.30. The number of halogens is 1. The number of ether oxygens (including phenoxy) is 1. The van der Waals surface area contributed by atoms with Gasteiger partial charge in [0.15, 0.2) is 5.96 Å². The lowest BCUT2D eigenvalue weighted by Gasteiger charge is -2.36. The molecule has 0 saturated carbocycles. The Kier molecular flexibility index (Phi) is 12.9. The van der Waals surface area contributed by atoms with Crippen molar-refractivity contribution in [2.75, 3.05) is 60.0 Å². The largest absolute Gasteiger partial charge is 0.373 e. The lowest BCUT2D eigenvalue weighted by molar-refractivity contribution is -0.0502. The number of unbranched alkanes of at least 4 members (excludes halogenated alkanes) is 4. The average Bonchev–Trinajstić information content (AvgIpc) is 3.20. The summed E-state index contributed by atoms with van der Waals surface area (Å²) in [4.78, 5) is 12.2. The van der Waals surface area contributed by atoms with Crippen LogP contribution in [0.5, 0.6) is 0 Å². The van der Waals surface area contributed by atoms with Gasteiger partial charge in [0.05, 0.1) is 18.8 Å². The zero-order valence-electron chi connectivity index (χ0n) is 20.3. The van der Waals surface area contributed by atoms with E-state index in [1.165, 1.54) is 44.2 Å². The highest BCUT2D eigenvalue weighted by Gasteiger charge is 2.41. The Bertz CT molecular complexity index is 657. The van der Waals surface area contributed by atoms with Gasteiger partial charge >= 0.3 is 0 Å². The van der Waals surface area contributed by atoms with Gasteiger partial charge in [-0.1, -0.05) is 49.6 Å². The number of morpholine rings is 1. The van der Waals surface area contributed by atoms with E-state index in [0.717, 1.165) is 51.8 Å². The molecule has 3 rings (SSSR count). The number of benzene rings is 1. The van der Waals surface area contributed by atoms with Crippen LogP contribution < -0.4 is 5.32 Å². The monoisotopic (exact) mass is 557 g/mol. The molecule has 0 amide bonds. The van der Waals surface area contributed by atoms with Crippen molar-refractivity contribution in [1.82, 2.24) is 20.0 Å². The fraction of sp³-hybridized carbons (Fsp3) is 0.720. The predicted octanol–water partition coefficient (Wildman–Crippen LogP) is 3.67. The van der Waals surface area contributed by atoms with Crippen LogP contribution >= 0.6 is 24.0 Å². The molecule has 0 bridgehead atoms. The molecule has 2 unspecified atom stereocenters. The van der Waals surface area contributed by atoms with Crippen molar-refractivity contribution >= 4 is 29.9 Å². The molecule has 1 aromatic rings. The lowest BCUT2D eigenvalue weighted by atomic mass is 10.1. The van der Waals surface area contributed by atoms with Crippen LogP contribution in [0.4, 0.5) is 0 Å². The van der Waals surface area contributed by atoms with Crippen LogP contribution in [0.3, 0.4) is 0 Å². The fourth-order valence-corrected chi connectivity index (χ4v) is 4.63. The Balaban J connectivity index is 0.00000363. The van der Waals surface area contributed by atoms with Crippen molar-refractivity contribution in [2.24, 2.45) is 4.99 Å². The molecule has 0 spiro atoms. The average molecular weight is 558 g/mol. The van der Waals surface area contributed by atoms with E-state index in [9.17, 15) is 0 Å². The van der Waals surface area contributed by atoms with Gasteiger partial charge in [-0.3, -0.25) is 9.89 Å². The van der Waals surface area contributed by atoms with Crippen LogP contribution in [0.2, 0.25) is 0 Å². The number of hydrogen-bond acceptors (Lipinski definition) is 4. The zero-order chi connectivity index (χ0) is 21.9. The molecule has 0 radical (unpaired) electrons. The van der Waals surface area contributed by atoms with Gasteiger partial charge in [0.1, 0.15) is 0 Å². The quantitative estimate of drug-likeness (QED) is 0.195. The minimum atomic E-state index is 0. The van der Waals surface area contributed by atoms with E-state index in [0.29, 0.717) is 6.04 Å². The van der Waals surface area contributed by atoms with E-state index in [1.807, 2.05) is 0 Å². The van der Waals surface area contributed by atoms with E-state index in [-0.39, 0.29) is 30.1 Å². The molecular formula is C25H44IN5O. The maximum atomic E-state index is 6.16. The molecule has 2 saturated heterocycles. The van der Waals surface area contributed by atoms with Gasteiger partial charge in [-0.05, 0) is 46.0 Å². The fourth-order valence-electron chi connectivity index (χ4n) is 4.63. The number of rotatable bonds is 11. The third-order valence-electron chi connectivity index (χ3n) is 6.30. The van der Waals surface area contributed by atoms with Crippen LogP contribution in [0.1, 0.15) is 44.6 Å². The van der Waals surface area contributed by atoms with Crippen LogP contribution in [-0.2, 0) is 11.3 Å². The third kappa shape index (κ3) is 8.80. The molecular weight excluding hydrogens is 513 g/mol. The summed E-state index contributed by atoms with van der Waals surface area (Å²) in [6, 6.07) is 11.2. The number of aliphatic imine (C=N–C) groups is 1. The molecule has 1 aromatic carbocycles. The molecule has 182 valence electrons. The van der Waals surface area contributed by atoms with Gasteiger partial charge in [-0.15, -0.1) is 24.0 Å². The smallest absolute Gasteiger partial charge is 0.194 e. The molecule has 7 heteroatoms. The highest BCUT2D eigenvalue weighted by Crippen LogP contribution is 2.24. The SMILES string of the molecule is CCNC(=NCCCCCCCN(C)C)N1CC2OCCN(Cc3ccccc3)C2C1.I. The first-order valence-electron chi connectivity index (χ1n) is 12.2. The molecule has 0 aliphatic carbocycles. The summed E-state index contributed by atoms with van der Waals surface area (Å²) in [6.45, 7) is 9.93. The number of hydrogen-bond donors (Lipinski definition) is 1. The molecule has 2 aliphatic rings. The van der Waals surface area contributed by atoms with E-state index in [4.69, 9.17) is 9.73 Å². The van der Waals surface area contributed by atoms with Crippen molar-refractivity contribution in [2.45, 2.75) is 57.7 Å². The summed E-state index contributed by atoms with van der Waals surface area (Å²) in [5.41, 5.74) is 1.38. The third-order valence-corrected chi connectivity index (χ3v) is 6.30. The summed E-state index contributed by atoms with van der Waals surface area (Å²) in [6.07, 6.45) is 6.67. The lowest BCUT2D eigenvalue weighted by Crippen LogP contribution is -2.50. The van der Waals surface area contributed by atoms with E-state index >= 15 is 0 Å². The minimum Gasteiger partial charge on any atom is -0.373 e. The molecule has 2 heterocycles. The number of likely N-dealkylation sites (tertiary alicyclic amines) is 1. The van der Waals surface area contributed by atoms with Crippen LogP contribution in [0.15, 0.2) is 35.3 Å². The molecule has 0 aromatic heterocycles. The summed E-state index contributed by atoms with van der Waals surface area (Å²) in [5, 5.41) is 3.52. The molecule has 6 nitrogen and oxygen atoms in total. The Hall–Kier alpha value is -0.900. The van der Waals surface area contributed by atoms with Crippen molar-refractivity contribution in [3.05, 3.63) is 35.9 Å². The van der Waals surface area contributed by atoms with E-state index < -0.39 is 0 Å². The van der Waals surface area contributed by atoms with Gasteiger partial charge in [-0.25, -0.2) is 0 Å². The van der Waals surface area contributed by atoms with Crippen molar-refractivity contribution < 1.29 is 4.74 Å². The molecule has 32 heavy (non-hydrogen) atoms. The Morgan fingerprint density at radius 3 is 2.59 bits per heavy atom. The molecule has 2 fully saturated rings. The Morgan fingerprint density at radius 1 is 1.09 bits per heavy atom. The van der Waals surface area contributed by atoms with Gasteiger partial charge < -0.3 is 19.9 Å². The van der Waals surface area contributed by atoms with E-state index in [1.54, 1.807) is 0 Å². The summed E-state index contributed by atoms with van der Waals surface area (Å²) in [5.74, 6) is 1.06. The first-order valence-corrected chi connectivity index (χ1v) is 12.2. The minimum absolute atomic E-state index is 0. The van der Waals surface area contributed by atoms with Gasteiger partial charge in [0.25, 0.3) is 0 Å². The maximum absolute atomic E-state index is 6.16. The van der Waals surface area contributed by atoms with Gasteiger partial charge in [0, 0.05) is 39.3 Å². The Labute approximate surface area is 212 Å². The zero-order valence-corrected chi connectivity index (χ0v) is 22.7. The van der Waals surface area contributed by atoms with Crippen molar-refractivity contribution in [3.63, 3.8) is 0 Å². The number of nitrogens with zero attached hydrogens (tertiary/aromatic N) is 4. The highest BCUT2D eigenvalue weighted by atomic mass is 127. The van der Waals surface area contributed by atoms with Crippen LogP contribution in [0, 0.1) is 0 Å². The van der Waals surface area contributed by atoms with Gasteiger partial charge in [0.2, 0.25) is 0 Å². The normalized spacial score (nSPS) is 21.5. The topological polar surface area (TPSA) is 43.3 Å². The van der Waals surface area contributed by atoms with Crippen molar-refractivity contribution in [1.29, 1.82) is 0 Å². The second-order valence-electron chi connectivity index (χ2n) is 9.14. The summed E-state index contributed by atoms with van der Waals surface area (Å²) < 4.78 is 6.16. The predicted molar refractivity (Wildman–Crippen MR) is 145 cm³/mol. The van der Waals surface area contributed by atoms with Gasteiger partial charge in [-0.2, -0.15) is 0 Å². The number of nitrogens with one attached hydrogen (secondary N) is 1. The molecule has 2 aliphatic heterocycles. The van der Waals surface area contributed by atoms with E-state index in [2.05, 4.69) is 71.4 Å². The standard InChI is InChI=1S/C25H43N5O.HI/c1-4-26-25(27-15-11-6-5-7-12-16-28(2)3)30-20-23-24(21-30)31-18-17-29(23)19-22-13-9-8-10-14-22;/h8-10,13-14,23-24H,4-7,11-12,15-21H2,1-3H3,(H,26,27);1H.